The van der Waals surface area contributed by atoms with Crippen LogP contribution in [0.3, 0.4) is 0 Å². The van der Waals surface area contributed by atoms with Gasteiger partial charge in [-0.05, 0) is 31.2 Å². The van der Waals surface area contributed by atoms with E-state index >= 15 is 0 Å². The lowest BCUT2D eigenvalue weighted by atomic mass is 10.1. The van der Waals surface area contributed by atoms with E-state index in [2.05, 4.69) is 15.5 Å². The van der Waals surface area contributed by atoms with Gasteiger partial charge in [-0.15, -0.1) is 0 Å². The van der Waals surface area contributed by atoms with Crippen LogP contribution in [0.25, 0.3) is 11.0 Å². The highest BCUT2D eigenvalue weighted by atomic mass is 16.3. The standard InChI is InChI=1S/C17H16N4O3/c1-11(13-7-6-12(22)8-16(13)23)19-20-17(24)9-21-10-18-14-4-2-3-5-15(14)21/h2-8,10,22-23H,9H2,1H3,(H,20,24)/b19-11+. The van der Waals surface area contributed by atoms with Crippen molar-refractivity contribution in [2.24, 2.45) is 5.10 Å². The van der Waals surface area contributed by atoms with E-state index in [1.165, 1.54) is 18.2 Å². The molecule has 1 aromatic heterocycles. The summed E-state index contributed by atoms with van der Waals surface area (Å²) in [5.41, 5.74) is 5.00. The minimum Gasteiger partial charge on any atom is -0.508 e. The van der Waals surface area contributed by atoms with Crippen LogP contribution in [0.15, 0.2) is 53.9 Å². The highest BCUT2D eigenvalue weighted by Gasteiger charge is 2.08. The molecule has 3 rings (SSSR count). The molecular weight excluding hydrogens is 308 g/mol. The predicted molar refractivity (Wildman–Crippen MR) is 89.9 cm³/mol. The molecule has 0 radical (unpaired) electrons. The summed E-state index contributed by atoms with van der Waals surface area (Å²) < 4.78 is 1.73. The fourth-order valence-electron chi connectivity index (χ4n) is 2.36. The van der Waals surface area contributed by atoms with E-state index < -0.39 is 0 Å². The van der Waals surface area contributed by atoms with E-state index in [1.807, 2.05) is 24.3 Å². The van der Waals surface area contributed by atoms with E-state index in [-0.39, 0.29) is 24.0 Å². The van der Waals surface area contributed by atoms with Gasteiger partial charge < -0.3 is 14.8 Å². The van der Waals surface area contributed by atoms with E-state index in [1.54, 1.807) is 17.8 Å². The number of imidazole rings is 1. The Morgan fingerprint density at radius 3 is 2.83 bits per heavy atom. The summed E-state index contributed by atoms with van der Waals surface area (Å²) in [5, 5.41) is 23.1. The quantitative estimate of drug-likeness (QED) is 0.505. The van der Waals surface area contributed by atoms with Gasteiger partial charge in [0.25, 0.3) is 5.91 Å². The first-order valence-corrected chi connectivity index (χ1v) is 7.30. The Kier molecular flexibility index (Phi) is 4.15. The predicted octanol–water partition coefficient (Wildman–Crippen LogP) is 1.99. The molecule has 2 aromatic carbocycles. The summed E-state index contributed by atoms with van der Waals surface area (Å²) in [5.74, 6) is -0.457. The second-order valence-corrected chi connectivity index (χ2v) is 5.29. The van der Waals surface area contributed by atoms with E-state index in [0.29, 0.717) is 11.3 Å². The molecule has 0 atom stereocenters. The Morgan fingerprint density at radius 1 is 1.25 bits per heavy atom. The minimum absolute atomic E-state index is 0.0416. The third-order valence-electron chi connectivity index (χ3n) is 3.56. The molecule has 24 heavy (non-hydrogen) atoms. The van der Waals surface area contributed by atoms with E-state index in [4.69, 9.17) is 0 Å². The van der Waals surface area contributed by atoms with Crippen molar-refractivity contribution in [3.05, 3.63) is 54.4 Å². The minimum atomic E-state index is -0.309. The first-order chi connectivity index (χ1) is 11.5. The molecule has 0 bridgehead atoms. The number of para-hydroxylation sites is 2. The Labute approximate surface area is 137 Å². The number of hydrazone groups is 1. The summed E-state index contributed by atoms with van der Waals surface area (Å²) in [6.07, 6.45) is 1.60. The van der Waals surface area contributed by atoms with Crippen LogP contribution in [0, 0.1) is 0 Å². The van der Waals surface area contributed by atoms with Gasteiger partial charge in [0.05, 0.1) is 23.1 Å². The molecule has 0 saturated heterocycles. The zero-order chi connectivity index (χ0) is 17.1. The number of hydrogen-bond donors (Lipinski definition) is 3. The number of rotatable bonds is 4. The number of benzene rings is 2. The smallest absolute Gasteiger partial charge is 0.260 e. The fraction of sp³-hybridized carbons (Fsp3) is 0.118. The highest BCUT2D eigenvalue weighted by Crippen LogP contribution is 2.22. The molecule has 0 saturated carbocycles. The summed E-state index contributed by atoms with van der Waals surface area (Å²) >= 11 is 0. The Hall–Kier alpha value is -3.35. The molecule has 3 N–H and O–H groups in total. The van der Waals surface area contributed by atoms with Crippen LogP contribution < -0.4 is 5.43 Å². The lowest BCUT2D eigenvalue weighted by Crippen LogP contribution is -2.24. The Bertz CT molecular complexity index is 930. The summed E-state index contributed by atoms with van der Waals surface area (Å²) in [6, 6.07) is 11.7. The lowest BCUT2D eigenvalue weighted by molar-refractivity contribution is -0.121. The summed E-state index contributed by atoms with van der Waals surface area (Å²) in [7, 11) is 0. The van der Waals surface area contributed by atoms with Gasteiger partial charge in [-0.1, -0.05) is 12.1 Å². The number of phenolic OH excluding ortho intramolecular Hbond substituents is 2. The largest absolute Gasteiger partial charge is 0.508 e. The first kappa shape index (κ1) is 15.5. The number of phenols is 2. The van der Waals surface area contributed by atoms with E-state index in [0.717, 1.165) is 11.0 Å². The molecule has 7 heteroatoms. The van der Waals surface area contributed by atoms with Crippen LogP contribution in [0.4, 0.5) is 0 Å². The number of nitrogens with one attached hydrogen (secondary N) is 1. The van der Waals surface area contributed by atoms with Crippen molar-refractivity contribution in [3.63, 3.8) is 0 Å². The fourth-order valence-corrected chi connectivity index (χ4v) is 2.36. The molecule has 7 nitrogen and oxygen atoms in total. The molecule has 3 aromatic rings. The van der Waals surface area contributed by atoms with Gasteiger partial charge in [-0.3, -0.25) is 4.79 Å². The SMILES string of the molecule is C/C(=N\NC(=O)Cn1cnc2ccccc21)c1ccc(O)cc1O. The van der Waals surface area contributed by atoms with Crippen LogP contribution in [-0.2, 0) is 11.3 Å². The molecule has 0 spiro atoms. The van der Waals surface area contributed by atoms with Crippen LogP contribution in [0.1, 0.15) is 12.5 Å². The number of carbonyl (C=O) groups is 1. The van der Waals surface area contributed by atoms with Crippen molar-refractivity contribution in [3.8, 4) is 11.5 Å². The number of aromatic nitrogens is 2. The Morgan fingerprint density at radius 2 is 2.04 bits per heavy atom. The van der Waals surface area contributed by atoms with Gasteiger partial charge in [0.2, 0.25) is 0 Å². The van der Waals surface area contributed by atoms with Crippen LogP contribution in [0.5, 0.6) is 11.5 Å². The first-order valence-electron chi connectivity index (χ1n) is 7.30. The van der Waals surface area contributed by atoms with Crippen molar-refractivity contribution in [1.29, 1.82) is 0 Å². The molecule has 1 heterocycles. The molecule has 0 aliphatic carbocycles. The maximum atomic E-state index is 12.1. The van der Waals surface area contributed by atoms with Crippen LogP contribution in [0.2, 0.25) is 0 Å². The average Bonchev–Trinajstić information content (AvgIpc) is 2.96. The molecule has 0 aliphatic heterocycles. The highest BCUT2D eigenvalue weighted by molar-refractivity contribution is 6.01. The Balaban J connectivity index is 1.70. The number of aromatic hydroxyl groups is 2. The van der Waals surface area contributed by atoms with Gasteiger partial charge in [0, 0.05) is 11.6 Å². The number of carbonyl (C=O) groups excluding carboxylic acids is 1. The van der Waals surface area contributed by atoms with Crippen molar-refractivity contribution in [2.45, 2.75) is 13.5 Å². The average molecular weight is 324 g/mol. The molecule has 0 unspecified atom stereocenters. The molecule has 0 aliphatic rings. The zero-order valence-corrected chi connectivity index (χ0v) is 13.0. The monoisotopic (exact) mass is 324 g/mol. The number of hydrogen-bond acceptors (Lipinski definition) is 5. The van der Waals surface area contributed by atoms with Gasteiger partial charge in [0.15, 0.2) is 0 Å². The third-order valence-corrected chi connectivity index (χ3v) is 3.56. The normalized spacial score (nSPS) is 11.6. The second kappa shape index (κ2) is 6.41. The van der Waals surface area contributed by atoms with Crippen LogP contribution in [-0.4, -0.2) is 31.4 Å². The van der Waals surface area contributed by atoms with Gasteiger partial charge in [-0.25, -0.2) is 10.4 Å². The topological polar surface area (TPSA) is 99.7 Å². The maximum Gasteiger partial charge on any atom is 0.260 e. The zero-order valence-electron chi connectivity index (χ0n) is 13.0. The van der Waals surface area contributed by atoms with Crippen molar-refractivity contribution < 1.29 is 15.0 Å². The lowest BCUT2D eigenvalue weighted by Gasteiger charge is -2.06. The number of nitrogens with zero attached hydrogens (tertiary/aromatic N) is 3. The number of fused-ring (bicyclic) bond motifs is 1. The molecule has 0 fully saturated rings. The second-order valence-electron chi connectivity index (χ2n) is 5.29. The number of amides is 1. The maximum absolute atomic E-state index is 12.1. The van der Waals surface area contributed by atoms with Crippen molar-refractivity contribution in [2.75, 3.05) is 0 Å². The molecular formula is C17H16N4O3. The van der Waals surface area contributed by atoms with E-state index in [9.17, 15) is 15.0 Å². The van der Waals surface area contributed by atoms with Gasteiger partial charge in [0.1, 0.15) is 18.0 Å². The third kappa shape index (κ3) is 3.19. The molecule has 122 valence electrons. The summed E-state index contributed by atoms with van der Waals surface area (Å²) in [4.78, 5) is 16.3. The summed E-state index contributed by atoms with van der Waals surface area (Å²) in [6.45, 7) is 1.73. The van der Waals surface area contributed by atoms with Crippen molar-refractivity contribution >= 4 is 22.7 Å². The van der Waals surface area contributed by atoms with Gasteiger partial charge >= 0.3 is 0 Å². The van der Waals surface area contributed by atoms with Crippen LogP contribution >= 0.6 is 0 Å². The van der Waals surface area contributed by atoms with Crippen molar-refractivity contribution in [1.82, 2.24) is 15.0 Å². The molecule has 1 amide bonds. The van der Waals surface area contributed by atoms with Gasteiger partial charge in [-0.2, -0.15) is 5.10 Å².